The fourth-order valence-electron chi connectivity index (χ4n) is 1.70. The molecule has 0 unspecified atom stereocenters. The molecule has 0 saturated carbocycles. The highest BCUT2D eigenvalue weighted by atomic mass is 19.1. The molecular weight excluding hydrogens is 223 g/mol. The Bertz CT molecular complexity index is 590. The zero-order chi connectivity index (χ0) is 12.6. The van der Waals surface area contributed by atoms with Crippen LogP contribution in [0, 0.1) is 12.7 Å². The van der Waals surface area contributed by atoms with Crippen LogP contribution in [0.25, 0.3) is 11.3 Å². The van der Waals surface area contributed by atoms with Crippen molar-refractivity contribution in [1.82, 2.24) is 4.98 Å². The molecule has 0 aliphatic heterocycles. The first kappa shape index (κ1) is 11.2. The Labute approximate surface area is 96.9 Å². The van der Waals surface area contributed by atoms with Crippen molar-refractivity contribution in [3.63, 3.8) is 0 Å². The van der Waals surface area contributed by atoms with Gasteiger partial charge in [-0.1, -0.05) is 0 Å². The molecule has 1 aromatic carbocycles. The van der Waals surface area contributed by atoms with Crippen LogP contribution < -0.4 is 5.73 Å². The van der Waals surface area contributed by atoms with Gasteiger partial charge in [-0.25, -0.2) is 9.18 Å². The Balaban J connectivity index is 2.60. The quantitative estimate of drug-likeness (QED) is 0.746. The standard InChI is InChI=1S/C12H11FN2O2/c1-6-4-7(2-3-8(6)13)11-10(12(16)17)9(14)5-15-11/h2-5,15H,14H2,1H3,(H,16,17). The lowest BCUT2D eigenvalue weighted by molar-refractivity contribution is 0.0699. The maximum atomic E-state index is 13.1. The van der Waals surface area contributed by atoms with Crippen molar-refractivity contribution in [3.05, 3.63) is 41.3 Å². The molecule has 0 aliphatic rings. The normalized spacial score (nSPS) is 10.5. The minimum atomic E-state index is -1.11. The summed E-state index contributed by atoms with van der Waals surface area (Å²) < 4.78 is 13.1. The Morgan fingerprint density at radius 3 is 2.76 bits per heavy atom. The van der Waals surface area contributed by atoms with E-state index < -0.39 is 5.97 Å². The average molecular weight is 234 g/mol. The third-order valence-corrected chi connectivity index (χ3v) is 2.57. The van der Waals surface area contributed by atoms with E-state index >= 15 is 0 Å². The fraction of sp³-hybridized carbons (Fsp3) is 0.0833. The smallest absolute Gasteiger partial charge is 0.340 e. The summed E-state index contributed by atoms with van der Waals surface area (Å²) in [6, 6.07) is 4.39. The average Bonchev–Trinajstić information content (AvgIpc) is 2.64. The number of halogens is 1. The molecule has 0 saturated heterocycles. The molecule has 88 valence electrons. The van der Waals surface area contributed by atoms with Gasteiger partial charge in [-0.2, -0.15) is 0 Å². The number of carbonyl (C=O) groups is 1. The molecule has 0 fully saturated rings. The first-order valence-corrected chi connectivity index (χ1v) is 4.97. The van der Waals surface area contributed by atoms with Crippen LogP contribution >= 0.6 is 0 Å². The topological polar surface area (TPSA) is 79.1 Å². The molecule has 4 nitrogen and oxygen atoms in total. The predicted molar refractivity (Wildman–Crippen MR) is 62.3 cm³/mol. The van der Waals surface area contributed by atoms with Crippen molar-refractivity contribution in [2.75, 3.05) is 5.73 Å². The summed E-state index contributed by atoms with van der Waals surface area (Å²) >= 11 is 0. The van der Waals surface area contributed by atoms with Crippen molar-refractivity contribution in [3.8, 4) is 11.3 Å². The summed E-state index contributed by atoms with van der Waals surface area (Å²) in [5, 5.41) is 9.05. The summed E-state index contributed by atoms with van der Waals surface area (Å²) in [7, 11) is 0. The summed E-state index contributed by atoms with van der Waals surface area (Å²) in [5.74, 6) is -1.44. The number of carboxylic acids is 1. The predicted octanol–water partition coefficient (Wildman–Crippen LogP) is 2.41. The van der Waals surface area contributed by atoms with Gasteiger partial charge in [0.15, 0.2) is 0 Å². The number of aromatic nitrogens is 1. The van der Waals surface area contributed by atoms with Crippen molar-refractivity contribution in [2.45, 2.75) is 6.92 Å². The van der Waals surface area contributed by atoms with Crippen LogP contribution in [0.15, 0.2) is 24.4 Å². The second-order valence-electron chi connectivity index (χ2n) is 3.76. The molecule has 2 aromatic rings. The van der Waals surface area contributed by atoms with E-state index in [1.54, 1.807) is 13.0 Å². The fourth-order valence-corrected chi connectivity index (χ4v) is 1.70. The van der Waals surface area contributed by atoms with E-state index in [-0.39, 0.29) is 17.1 Å². The summed E-state index contributed by atoms with van der Waals surface area (Å²) in [5.41, 5.74) is 7.17. The number of rotatable bonds is 2. The lowest BCUT2D eigenvalue weighted by Crippen LogP contribution is -2.01. The zero-order valence-corrected chi connectivity index (χ0v) is 9.12. The number of benzene rings is 1. The first-order chi connectivity index (χ1) is 8.00. The molecule has 5 heteroatoms. The van der Waals surface area contributed by atoms with Gasteiger partial charge in [0, 0.05) is 6.20 Å². The molecule has 0 radical (unpaired) electrons. The van der Waals surface area contributed by atoms with Crippen molar-refractivity contribution >= 4 is 11.7 Å². The van der Waals surface area contributed by atoms with Crippen molar-refractivity contribution in [1.29, 1.82) is 0 Å². The Morgan fingerprint density at radius 2 is 2.18 bits per heavy atom. The van der Waals surface area contributed by atoms with Gasteiger partial charge in [-0.05, 0) is 36.2 Å². The van der Waals surface area contributed by atoms with Crippen LogP contribution in [-0.4, -0.2) is 16.1 Å². The van der Waals surface area contributed by atoms with Gasteiger partial charge in [-0.3, -0.25) is 0 Å². The lowest BCUT2D eigenvalue weighted by atomic mass is 10.0. The van der Waals surface area contributed by atoms with Gasteiger partial charge in [0.2, 0.25) is 0 Å². The molecule has 0 spiro atoms. The minimum Gasteiger partial charge on any atom is -0.478 e. The van der Waals surface area contributed by atoms with Crippen LogP contribution in [0.5, 0.6) is 0 Å². The van der Waals surface area contributed by atoms with Crippen LogP contribution in [0.1, 0.15) is 15.9 Å². The second kappa shape index (κ2) is 3.93. The number of aromatic amines is 1. The van der Waals surface area contributed by atoms with Crippen molar-refractivity contribution in [2.24, 2.45) is 0 Å². The Kier molecular flexibility index (Phi) is 2.59. The SMILES string of the molecule is Cc1cc(-c2[nH]cc(N)c2C(=O)O)ccc1F. The number of H-pyrrole nitrogens is 1. The second-order valence-corrected chi connectivity index (χ2v) is 3.76. The largest absolute Gasteiger partial charge is 0.478 e. The number of carboxylic acid groups (broad SMARTS) is 1. The van der Waals surface area contributed by atoms with E-state index in [0.29, 0.717) is 16.8 Å². The summed E-state index contributed by atoms with van der Waals surface area (Å²) in [4.78, 5) is 13.8. The number of hydrogen-bond acceptors (Lipinski definition) is 2. The molecular formula is C12H11FN2O2. The molecule has 17 heavy (non-hydrogen) atoms. The highest BCUT2D eigenvalue weighted by Gasteiger charge is 2.17. The van der Waals surface area contributed by atoms with Crippen LogP contribution in [0.3, 0.4) is 0 Å². The third-order valence-electron chi connectivity index (χ3n) is 2.57. The van der Waals surface area contributed by atoms with E-state index in [4.69, 9.17) is 10.8 Å². The van der Waals surface area contributed by atoms with Crippen LogP contribution in [-0.2, 0) is 0 Å². The molecule has 0 atom stereocenters. The Morgan fingerprint density at radius 1 is 1.47 bits per heavy atom. The molecule has 1 aromatic heterocycles. The van der Waals surface area contributed by atoms with Crippen molar-refractivity contribution < 1.29 is 14.3 Å². The minimum absolute atomic E-state index is 0.0102. The first-order valence-electron chi connectivity index (χ1n) is 4.97. The molecule has 0 amide bonds. The van der Waals surface area contributed by atoms with E-state index in [1.165, 1.54) is 18.3 Å². The zero-order valence-electron chi connectivity index (χ0n) is 9.12. The molecule has 1 heterocycles. The lowest BCUT2D eigenvalue weighted by Gasteiger charge is -2.03. The third kappa shape index (κ3) is 1.87. The van der Waals surface area contributed by atoms with E-state index in [9.17, 15) is 9.18 Å². The van der Waals surface area contributed by atoms with Gasteiger partial charge >= 0.3 is 5.97 Å². The molecule has 0 aliphatic carbocycles. The highest BCUT2D eigenvalue weighted by Crippen LogP contribution is 2.28. The number of aromatic carboxylic acids is 1. The van der Waals surface area contributed by atoms with Gasteiger partial charge in [0.05, 0.1) is 11.4 Å². The molecule has 0 bridgehead atoms. The van der Waals surface area contributed by atoms with Gasteiger partial charge in [0.25, 0.3) is 0 Å². The van der Waals surface area contributed by atoms with E-state index in [1.807, 2.05) is 0 Å². The van der Waals surface area contributed by atoms with Crippen LogP contribution in [0.4, 0.5) is 10.1 Å². The molecule has 2 rings (SSSR count). The van der Waals surface area contributed by atoms with Gasteiger partial charge < -0.3 is 15.8 Å². The number of aryl methyl sites for hydroxylation is 1. The maximum absolute atomic E-state index is 13.1. The highest BCUT2D eigenvalue weighted by molar-refractivity contribution is 6.00. The van der Waals surface area contributed by atoms with Crippen LogP contribution in [0.2, 0.25) is 0 Å². The van der Waals surface area contributed by atoms with Gasteiger partial charge in [-0.15, -0.1) is 0 Å². The number of nitrogen functional groups attached to an aromatic ring is 1. The van der Waals surface area contributed by atoms with E-state index in [0.717, 1.165) is 0 Å². The number of nitrogens with one attached hydrogen (secondary N) is 1. The number of anilines is 1. The summed E-state index contributed by atoms with van der Waals surface area (Å²) in [6.07, 6.45) is 1.41. The Hall–Kier alpha value is -2.30. The maximum Gasteiger partial charge on any atom is 0.340 e. The molecule has 4 N–H and O–H groups in total. The monoisotopic (exact) mass is 234 g/mol. The van der Waals surface area contributed by atoms with E-state index in [2.05, 4.69) is 4.98 Å². The number of hydrogen-bond donors (Lipinski definition) is 3. The van der Waals surface area contributed by atoms with Gasteiger partial charge in [0.1, 0.15) is 11.4 Å². The number of nitrogens with two attached hydrogens (primary N) is 1. The summed E-state index contributed by atoms with van der Waals surface area (Å²) in [6.45, 7) is 1.62.